The van der Waals surface area contributed by atoms with E-state index in [4.69, 9.17) is 5.73 Å². The summed E-state index contributed by atoms with van der Waals surface area (Å²) in [5.74, 6) is -0.0441. The molecule has 0 aliphatic rings. The standard InChI is InChI=1S/C11H17N7O/c1-16(5-9-4-13-17(2)6-9)11(19)8-18-7-10(3-12)14-15-18/h4,6-7H,3,5,8,12H2,1-2H3. The molecule has 0 aromatic carbocycles. The summed E-state index contributed by atoms with van der Waals surface area (Å²) in [6.07, 6.45) is 5.30. The van der Waals surface area contributed by atoms with E-state index in [9.17, 15) is 4.79 Å². The zero-order chi connectivity index (χ0) is 13.8. The minimum atomic E-state index is -0.0441. The van der Waals surface area contributed by atoms with Gasteiger partial charge in [-0.2, -0.15) is 5.10 Å². The molecule has 8 nitrogen and oxygen atoms in total. The van der Waals surface area contributed by atoms with Crippen LogP contribution in [0.25, 0.3) is 0 Å². The number of nitrogens with two attached hydrogens (primary N) is 1. The summed E-state index contributed by atoms with van der Waals surface area (Å²) in [4.78, 5) is 13.6. The molecule has 0 radical (unpaired) electrons. The van der Waals surface area contributed by atoms with Crippen molar-refractivity contribution in [2.45, 2.75) is 19.6 Å². The summed E-state index contributed by atoms with van der Waals surface area (Å²) in [5, 5.41) is 11.7. The fraction of sp³-hybridized carbons (Fsp3) is 0.455. The number of hydrogen-bond donors (Lipinski definition) is 1. The minimum absolute atomic E-state index is 0.0441. The van der Waals surface area contributed by atoms with Crippen LogP contribution in [-0.2, 0) is 31.5 Å². The van der Waals surface area contributed by atoms with Crippen molar-refractivity contribution in [1.29, 1.82) is 0 Å². The van der Waals surface area contributed by atoms with E-state index in [1.54, 1.807) is 29.0 Å². The van der Waals surface area contributed by atoms with Crippen molar-refractivity contribution >= 4 is 5.91 Å². The van der Waals surface area contributed by atoms with Crippen LogP contribution in [0.1, 0.15) is 11.3 Å². The van der Waals surface area contributed by atoms with E-state index >= 15 is 0 Å². The van der Waals surface area contributed by atoms with E-state index in [2.05, 4.69) is 15.4 Å². The fourth-order valence-electron chi connectivity index (χ4n) is 1.68. The number of carbonyl (C=O) groups excluding carboxylic acids is 1. The highest BCUT2D eigenvalue weighted by atomic mass is 16.2. The molecule has 19 heavy (non-hydrogen) atoms. The van der Waals surface area contributed by atoms with Gasteiger partial charge in [0, 0.05) is 38.9 Å². The summed E-state index contributed by atoms with van der Waals surface area (Å²) in [7, 11) is 3.59. The highest BCUT2D eigenvalue weighted by molar-refractivity contribution is 5.75. The Labute approximate surface area is 110 Å². The predicted molar refractivity (Wildman–Crippen MR) is 67.6 cm³/mol. The van der Waals surface area contributed by atoms with Crippen LogP contribution in [0.15, 0.2) is 18.6 Å². The van der Waals surface area contributed by atoms with Crippen molar-refractivity contribution < 1.29 is 4.79 Å². The van der Waals surface area contributed by atoms with Gasteiger partial charge >= 0.3 is 0 Å². The van der Waals surface area contributed by atoms with Gasteiger partial charge in [0.05, 0.1) is 18.1 Å². The van der Waals surface area contributed by atoms with Crippen molar-refractivity contribution in [2.75, 3.05) is 7.05 Å². The summed E-state index contributed by atoms with van der Waals surface area (Å²) < 4.78 is 3.20. The average Bonchev–Trinajstić information content (AvgIpc) is 2.98. The molecule has 2 heterocycles. The maximum absolute atomic E-state index is 12.0. The zero-order valence-electron chi connectivity index (χ0n) is 11.0. The van der Waals surface area contributed by atoms with Crippen LogP contribution in [0, 0.1) is 0 Å². The van der Waals surface area contributed by atoms with Gasteiger partial charge in [0.1, 0.15) is 6.54 Å². The lowest BCUT2D eigenvalue weighted by Gasteiger charge is -2.15. The molecule has 0 unspecified atom stereocenters. The maximum Gasteiger partial charge on any atom is 0.244 e. The van der Waals surface area contributed by atoms with E-state index < -0.39 is 0 Å². The molecular weight excluding hydrogens is 246 g/mol. The van der Waals surface area contributed by atoms with Gasteiger partial charge < -0.3 is 10.6 Å². The second-order valence-corrected chi connectivity index (χ2v) is 4.38. The maximum atomic E-state index is 12.0. The van der Waals surface area contributed by atoms with Crippen molar-refractivity contribution in [1.82, 2.24) is 29.7 Å². The zero-order valence-corrected chi connectivity index (χ0v) is 11.0. The molecule has 2 N–H and O–H groups in total. The average molecular weight is 263 g/mol. The third-order valence-electron chi connectivity index (χ3n) is 2.70. The van der Waals surface area contributed by atoms with Crippen molar-refractivity contribution in [2.24, 2.45) is 12.8 Å². The number of likely N-dealkylation sites (N-methyl/N-ethyl adjacent to an activating group) is 1. The first-order valence-corrected chi connectivity index (χ1v) is 5.89. The molecule has 8 heteroatoms. The molecule has 0 saturated heterocycles. The predicted octanol–water partition coefficient (Wildman–Crippen LogP) is -0.871. The number of nitrogens with zero attached hydrogens (tertiary/aromatic N) is 6. The van der Waals surface area contributed by atoms with Crippen molar-refractivity contribution in [3.63, 3.8) is 0 Å². The summed E-state index contributed by atoms with van der Waals surface area (Å²) >= 11 is 0. The van der Waals surface area contributed by atoms with Gasteiger partial charge in [0.15, 0.2) is 0 Å². The molecule has 0 atom stereocenters. The third-order valence-corrected chi connectivity index (χ3v) is 2.70. The molecule has 0 saturated carbocycles. The Morgan fingerprint density at radius 2 is 2.26 bits per heavy atom. The van der Waals surface area contributed by atoms with Crippen LogP contribution in [0.2, 0.25) is 0 Å². The van der Waals surface area contributed by atoms with E-state index in [0.29, 0.717) is 18.8 Å². The number of rotatable bonds is 5. The Bertz CT molecular complexity index is 559. The molecular formula is C11H17N7O. The molecule has 0 fully saturated rings. The highest BCUT2D eigenvalue weighted by Crippen LogP contribution is 2.02. The first kappa shape index (κ1) is 13.2. The molecule has 2 aromatic heterocycles. The summed E-state index contributed by atoms with van der Waals surface area (Å²) in [6.45, 7) is 0.995. The van der Waals surface area contributed by atoms with Gasteiger partial charge in [0.2, 0.25) is 5.91 Å². The van der Waals surface area contributed by atoms with E-state index in [-0.39, 0.29) is 12.5 Å². The Balaban J connectivity index is 1.91. The number of hydrogen-bond acceptors (Lipinski definition) is 5. The Morgan fingerprint density at radius 3 is 2.84 bits per heavy atom. The van der Waals surface area contributed by atoms with Gasteiger partial charge in [0.25, 0.3) is 0 Å². The first-order valence-electron chi connectivity index (χ1n) is 5.89. The highest BCUT2D eigenvalue weighted by Gasteiger charge is 2.12. The van der Waals surface area contributed by atoms with E-state index in [1.807, 2.05) is 13.2 Å². The summed E-state index contributed by atoms with van der Waals surface area (Å²) in [6, 6.07) is 0. The lowest BCUT2D eigenvalue weighted by atomic mass is 10.3. The smallest absolute Gasteiger partial charge is 0.244 e. The number of aryl methyl sites for hydroxylation is 1. The first-order chi connectivity index (χ1) is 9.08. The lowest BCUT2D eigenvalue weighted by Crippen LogP contribution is -2.29. The molecule has 1 amide bonds. The largest absolute Gasteiger partial charge is 0.340 e. The van der Waals surface area contributed by atoms with Gasteiger partial charge in [-0.1, -0.05) is 5.21 Å². The monoisotopic (exact) mass is 263 g/mol. The molecule has 102 valence electrons. The van der Waals surface area contributed by atoms with Crippen LogP contribution in [0.3, 0.4) is 0 Å². The van der Waals surface area contributed by atoms with Crippen LogP contribution in [-0.4, -0.2) is 42.6 Å². The SMILES string of the molecule is CN(Cc1cnn(C)c1)C(=O)Cn1cc(CN)nn1. The van der Waals surface area contributed by atoms with Crippen LogP contribution >= 0.6 is 0 Å². The molecule has 2 rings (SSSR count). The van der Waals surface area contributed by atoms with Gasteiger partial charge in [-0.3, -0.25) is 9.48 Å². The number of carbonyl (C=O) groups is 1. The molecule has 0 aliphatic carbocycles. The second kappa shape index (κ2) is 5.61. The van der Waals surface area contributed by atoms with Gasteiger partial charge in [-0.05, 0) is 0 Å². The minimum Gasteiger partial charge on any atom is -0.340 e. The van der Waals surface area contributed by atoms with E-state index in [1.165, 1.54) is 4.68 Å². The van der Waals surface area contributed by atoms with Gasteiger partial charge in [-0.15, -0.1) is 5.10 Å². The van der Waals surface area contributed by atoms with Gasteiger partial charge in [-0.25, -0.2) is 4.68 Å². The second-order valence-electron chi connectivity index (χ2n) is 4.38. The normalized spacial score (nSPS) is 10.7. The Hall–Kier alpha value is -2.22. The molecule has 0 spiro atoms. The Morgan fingerprint density at radius 1 is 1.47 bits per heavy atom. The quantitative estimate of drug-likeness (QED) is 0.756. The van der Waals surface area contributed by atoms with Crippen molar-refractivity contribution in [3.05, 3.63) is 29.8 Å². The van der Waals surface area contributed by atoms with Crippen molar-refractivity contribution in [3.8, 4) is 0 Å². The third kappa shape index (κ3) is 3.38. The van der Waals surface area contributed by atoms with E-state index in [0.717, 1.165) is 5.56 Å². The van der Waals surface area contributed by atoms with Crippen LogP contribution < -0.4 is 5.73 Å². The Kier molecular flexibility index (Phi) is 3.91. The van der Waals surface area contributed by atoms with Crippen LogP contribution in [0.5, 0.6) is 0 Å². The summed E-state index contributed by atoms with van der Waals surface area (Å²) in [5.41, 5.74) is 7.09. The lowest BCUT2D eigenvalue weighted by molar-refractivity contribution is -0.131. The number of aromatic nitrogens is 5. The molecule has 0 bridgehead atoms. The molecule has 0 aliphatic heterocycles. The fourth-order valence-corrected chi connectivity index (χ4v) is 1.68. The van der Waals surface area contributed by atoms with Crippen LogP contribution in [0.4, 0.5) is 0 Å². The topological polar surface area (TPSA) is 94.9 Å². The number of amides is 1. The molecule has 2 aromatic rings.